The molecule has 2 heterocycles. The van der Waals surface area contributed by atoms with E-state index in [1.165, 1.54) is 23.1 Å². The summed E-state index contributed by atoms with van der Waals surface area (Å²) < 4.78 is 6.04. The second-order valence-electron chi connectivity index (χ2n) is 5.58. The third-order valence-electron chi connectivity index (χ3n) is 3.12. The second kappa shape index (κ2) is 8.35. The monoisotopic (exact) mass is 354 g/mol. The molecule has 0 saturated heterocycles. The molecule has 2 rings (SSSR count). The summed E-state index contributed by atoms with van der Waals surface area (Å²) in [6.07, 6.45) is 1.64. The predicted octanol–water partition coefficient (Wildman–Crippen LogP) is 3.48. The van der Waals surface area contributed by atoms with E-state index in [1.807, 2.05) is 44.7 Å². The smallest absolute Gasteiger partial charge is 0.233 e. The molecule has 0 atom stereocenters. The Morgan fingerprint density at radius 2 is 2.09 bits per heavy atom. The highest BCUT2D eigenvalue weighted by Crippen LogP contribution is 2.26. The van der Waals surface area contributed by atoms with Gasteiger partial charge < -0.3 is 14.6 Å². The molecule has 0 unspecified atom stereocenters. The normalized spacial score (nSPS) is 11.2. The zero-order valence-electron chi connectivity index (χ0n) is 13.8. The number of carbonyl (C=O) groups is 1. The first kappa shape index (κ1) is 17.8. The van der Waals surface area contributed by atoms with E-state index < -0.39 is 0 Å². The van der Waals surface area contributed by atoms with Crippen molar-refractivity contribution in [3.8, 4) is 0 Å². The third kappa shape index (κ3) is 5.24. The van der Waals surface area contributed by atoms with Crippen molar-refractivity contribution in [3.05, 3.63) is 24.2 Å². The molecule has 1 amide bonds. The Kier molecular flexibility index (Phi) is 6.47. The van der Waals surface area contributed by atoms with Gasteiger partial charge in [-0.2, -0.15) is 0 Å². The number of anilines is 1. The number of nitrogens with one attached hydrogen (secondary N) is 1. The van der Waals surface area contributed by atoms with Crippen molar-refractivity contribution in [1.29, 1.82) is 0 Å². The van der Waals surface area contributed by atoms with Crippen LogP contribution in [-0.4, -0.2) is 38.8 Å². The van der Waals surface area contributed by atoms with Crippen LogP contribution in [0.25, 0.3) is 0 Å². The van der Waals surface area contributed by atoms with E-state index in [-0.39, 0.29) is 18.0 Å². The molecular formula is C15H22N4O2S2. The first-order valence-electron chi connectivity index (χ1n) is 7.51. The maximum Gasteiger partial charge on any atom is 0.233 e. The molecule has 8 heteroatoms. The molecule has 0 saturated carbocycles. The second-order valence-corrected chi connectivity index (χ2v) is 7.78. The summed E-state index contributed by atoms with van der Waals surface area (Å²) in [4.78, 5) is 14.2. The van der Waals surface area contributed by atoms with Crippen LogP contribution in [-0.2, 0) is 11.3 Å². The molecule has 0 aliphatic heterocycles. The molecular weight excluding hydrogens is 332 g/mol. The van der Waals surface area contributed by atoms with E-state index >= 15 is 0 Å². The van der Waals surface area contributed by atoms with E-state index in [1.54, 1.807) is 6.26 Å². The lowest BCUT2D eigenvalue weighted by Crippen LogP contribution is -2.43. The fourth-order valence-electron chi connectivity index (χ4n) is 2.29. The van der Waals surface area contributed by atoms with Gasteiger partial charge in [0, 0.05) is 12.1 Å². The van der Waals surface area contributed by atoms with Crippen LogP contribution in [0.1, 0.15) is 33.5 Å². The van der Waals surface area contributed by atoms with Crippen molar-refractivity contribution in [2.45, 2.75) is 50.7 Å². The molecule has 2 aromatic heterocycles. The Bertz CT molecular complexity index is 603. The lowest BCUT2D eigenvalue weighted by Gasteiger charge is -2.30. The van der Waals surface area contributed by atoms with Crippen LogP contribution in [0.15, 0.2) is 27.2 Å². The third-order valence-corrected chi connectivity index (χ3v) is 5.12. The first-order valence-corrected chi connectivity index (χ1v) is 9.31. The highest BCUT2D eigenvalue weighted by molar-refractivity contribution is 8.01. The maximum absolute atomic E-state index is 12.3. The highest BCUT2D eigenvalue weighted by Gasteiger charge is 2.20. The van der Waals surface area contributed by atoms with Crippen LogP contribution >= 0.6 is 23.1 Å². The Hall–Kier alpha value is -1.54. The average Bonchev–Trinajstić information content (AvgIpc) is 3.13. The van der Waals surface area contributed by atoms with Crippen molar-refractivity contribution in [2.75, 3.05) is 11.1 Å². The Labute approximate surface area is 144 Å². The summed E-state index contributed by atoms with van der Waals surface area (Å²) in [6.45, 7) is 8.70. The minimum Gasteiger partial charge on any atom is -0.467 e. The van der Waals surface area contributed by atoms with Crippen LogP contribution in [0.5, 0.6) is 0 Å². The number of furan rings is 1. The minimum absolute atomic E-state index is 0.125. The van der Waals surface area contributed by atoms with Crippen molar-refractivity contribution < 1.29 is 9.21 Å². The number of thioether (sulfide) groups is 1. The van der Waals surface area contributed by atoms with Gasteiger partial charge in [-0.3, -0.25) is 4.79 Å². The Morgan fingerprint density at radius 3 is 2.70 bits per heavy atom. The van der Waals surface area contributed by atoms with Crippen LogP contribution in [0.3, 0.4) is 0 Å². The quantitative estimate of drug-likeness (QED) is 0.732. The van der Waals surface area contributed by atoms with Crippen molar-refractivity contribution in [1.82, 2.24) is 15.1 Å². The van der Waals surface area contributed by atoms with E-state index in [2.05, 4.69) is 15.5 Å². The van der Waals surface area contributed by atoms with Crippen molar-refractivity contribution in [2.24, 2.45) is 0 Å². The van der Waals surface area contributed by atoms with Crippen LogP contribution in [0.4, 0.5) is 5.13 Å². The standard InChI is InChI=1S/C15H22N4O2S2/c1-10(2)19(11(3)4)13(20)9-22-15-18-17-14(23-15)16-8-12-6-5-7-21-12/h5-7,10-11H,8-9H2,1-4H3,(H,16,17). The molecule has 0 aromatic carbocycles. The van der Waals surface area contributed by atoms with Gasteiger partial charge in [0.1, 0.15) is 5.76 Å². The van der Waals surface area contributed by atoms with Gasteiger partial charge in [-0.25, -0.2) is 0 Å². The van der Waals surface area contributed by atoms with Crippen LogP contribution in [0, 0.1) is 0 Å². The molecule has 0 aliphatic carbocycles. The van der Waals surface area contributed by atoms with Crippen molar-refractivity contribution >= 4 is 34.1 Å². The summed E-state index contributed by atoms with van der Waals surface area (Å²) in [5.74, 6) is 1.35. The molecule has 0 fully saturated rings. The van der Waals surface area contributed by atoms with Gasteiger partial charge in [-0.05, 0) is 39.8 Å². The fourth-order valence-corrected chi connectivity index (χ4v) is 3.90. The zero-order valence-corrected chi connectivity index (χ0v) is 15.4. The van der Waals surface area contributed by atoms with Crippen LogP contribution < -0.4 is 5.32 Å². The molecule has 126 valence electrons. The van der Waals surface area contributed by atoms with Gasteiger partial charge in [-0.1, -0.05) is 23.1 Å². The molecule has 0 spiro atoms. The number of aromatic nitrogens is 2. The molecule has 0 radical (unpaired) electrons. The predicted molar refractivity (Wildman–Crippen MR) is 93.8 cm³/mol. The minimum atomic E-state index is 0.125. The van der Waals surface area contributed by atoms with Gasteiger partial charge >= 0.3 is 0 Å². The summed E-state index contributed by atoms with van der Waals surface area (Å²) in [7, 11) is 0. The summed E-state index contributed by atoms with van der Waals surface area (Å²) in [5, 5.41) is 12.1. The first-order chi connectivity index (χ1) is 11.0. The highest BCUT2D eigenvalue weighted by atomic mass is 32.2. The summed E-state index contributed by atoms with van der Waals surface area (Å²) in [6, 6.07) is 4.14. The Morgan fingerprint density at radius 1 is 1.35 bits per heavy atom. The SMILES string of the molecule is CC(C)N(C(=O)CSc1nnc(NCc2ccco2)s1)C(C)C. The fraction of sp³-hybridized carbons (Fsp3) is 0.533. The number of hydrogen-bond donors (Lipinski definition) is 1. The average molecular weight is 355 g/mol. The number of carbonyl (C=O) groups excluding carboxylic acids is 1. The Balaban J connectivity index is 1.83. The molecule has 0 aliphatic rings. The van der Waals surface area contributed by atoms with E-state index in [4.69, 9.17) is 4.42 Å². The van der Waals surface area contributed by atoms with Gasteiger partial charge in [0.05, 0.1) is 18.6 Å². The summed E-state index contributed by atoms with van der Waals surface area (Å²) >= 11 is 2.87. The number of rotatable bonds is 8. The molecule has 6 nitrogen and oxygen atoms in total. The lowest BCUT2D eigenvalue weighted by atomic mass is 10.2. The lowest BCUT2D eigenvalue weighted by molar-refractivity contribution is -0.131. The zero-order chi connectivity index (χ0) is 16.8. The van der Waals surface area contributed by atoms with E-state index in [9.17, 15) is 4.79 Å². The molecule has 2 aromatic rings. The van der Waals surface area contributed by atoms with Crippen molar-refractivity contribution in [3.63, 3.8) is 0 Å². The number of hydrogen-bond acceptors (Lipinski definition) is 7. The van der Waals surface area contributed by atoms with Gasteiger partial charge in [0.25, 0.3) is 0 Å². The number of nitrogens with zero attached hydrogens (tertiary/aromatic N) is 3. The van der Waals surface area contributed by atoms with Crippen LogP contribution in [0.2, 0.25) is 0 Å². The topological polar surface area (TPSA) is 71.3 Å². The largest absolute Gasteiger partial charge is 0.467 e. The van der Waals surface area contributed by atoms with E-state index in [0.29, 0.717) is 12.3 Å². The summed E-state index contributed by atoms with van der Waals surface area (Å²) in [5.41, 5.74) is 0. The van der Waals surface area contributed by atoms with Gasteiger partial charge in [-0.15, -0.1) is 10.2 Å². The number of amides is 1. The maximum atomic E-state index is 12.3. The van der Waals surface area contributed by atoms with Gasteiger partial charge in [0.2, 0.25) is 11.0 Å². The van der Waals surface area contributed by atoms with E-state index in [0.717, 1.165) is 15.2 Å². The van der Waals surface area contributed by atoms with Gasteiger partial charge in [0.15, 0.2) is 4.34 Å². The molecule has 1 N–H and O–H groups in total. The molecule has 23 heavy (non-hydrogen) atoms. The molecule has 0 bridgehead atoms.